The van der Waals surface area contributed by atoms with E-state index in [-0.39, 0.29) is 0 Å². The van der Waals surface area contributed by atoms with Gasteiger partial charge in [-0.25, -0.2) is 8.97 Å². The lowest BCUT2D eigenvalue weighted by molar-refractivity contribution is -0.658. The molecule has 0 aliphatic heterocycles. The molecule has 0 aliphatic rings. The van der Waals surface area contributed by atoms with Crippen LogP contribution in [0.1, 0.15) is 5.69 Å². The Morgan fingerprint density at radius 3 is 3.15 bits per heavy atom. The Kier molecular flexibility index (Phi) is 1.75. The number of hydrogen-bond donors (Lipinski definition) is 0. The lowest BCUT2D eigenvalue weighted by Crippen LogP contribution is -2.31. The third-order valence-corrected chi connectivity index (χ3v) is 2.10. The Labute approximate surface area is 76.5 Å². The highest BCUT2D eigenvalue weighted by molar-refractivity contribution is 5.33. The van der Waals surface area contributed by atoms with Gasteiger partial charge in [0.25, 0.3) is 5.65 Å². The molecule has 2 aromatic rings. The van der Waals surface area contributed by atoms with Crippen LogP contribution in [0.2, 0.25) is 0 Å². The number of pyridine rings is 1. The van der Waals surface area contributed by atoms with Crippen molar-refractivity contribution >= 4 is 5.65 Å². The minimum absolute atomic E-state index is 0.404. The predicted molar refractivity (Wildman–Crippen MR) is 47.9 cm³/mol. The Hall–Kier alpha value is -1.82. The van der Waals surface area contributed by atoms with Crippen LogP contribution in [0.25, 0.3) is 5.65 Å². The fraction of sp³-hybridized carbons (Fsp3) is 0.200. The quantitative estimate of drug-likeness (QED) is 0.592. The molecule has 0 amide bonds. The highest BCUT2D eigenvalue weighted by atomic mass is 15.1. The minimum Gasteiger partial charge on any atom is -0.216 e. The smallest absolute Gasteiger partial charge is 0.216 e. The molecule has 0 fully saturated rings. The van der Waals surface area contributed by atoms with Crippen LogP contribution in [0.4, 0.5) is 0 Å². The number of aromatic nitrogens is 2. The average molecular weight is 172 g/mol. The number of nitrogens with zero attached hydrogens (tertiary/aromatic N) is 3. The van der Waals surface area contributed by atoms with Gasteiger partial charge in [-0.3, -0.25) is 0 Å². The van der Waals surface area contributed by atoms with Crippen LogP contribution in [0, 0.1) is 18.3 Å². The van der Waals surface area contributed by atoms with Gasteiger partial charge in [0.05, 0.1) is 6.20 Å². The lowest BCUT2D eigenvalue weighted by atomic mass is 10.4. The molecule has 0 saturated carbocycles. The second kappa shape index (κ2) is 2.91. The molecular formula is C10H10N3+. The summed E-state index contributed by atoms with van der Waals surface area (Å²) in [5.74, 6) is 0. The molecule has 0 spiro atoms. The Balaban J connectivity index is 2.72. The largest absolute Gasteiger partial charge is 0.287 e. The van der Waals surface area contributed by atoms with E-state index < -0.39 is 0 Å². The van der Waals surface area contributed by atoms with E-state index in [4.69, 9.17) is 5.26 Å². The zero-order valence-electron chi connectivity index (χ0n) is 7.44. The first-order valence-corrected chi connectivity index (χ1v) is 4.16. The average Bonchev–Trinajstić information content (AvgIpc) is 2.46. The van der Waals surface area contributed by atoms with Crippen molar-refractivity contribution in [3.05, 3.63) is 36.3 Å². The van der Waals surface area contributed by atoms with Crippen molar-refractivity contribution in [2.24, 2.45) is 0 Å². The summed E-state index contributed by atoms with van der Waals surface area (Å²) in [4.78, 5) is 0. The first kappa shape index (κ1) is 7.81. The van der Waals surface area contributed by atoms with E-state index >= 15 is 0 Å². The van der Waals surface area contributed by atoms with Crippen molar-refractivity contribution in [2.45, 2.75) is 13.5 Å². The van der Waals surface area contributed by atoms with Crippen molar-refractivity contribution < 1.29 is 4.57 Å². The highest BCUT2D eigenvalue weighted by Crippen LogP contribution is 2.02. The summed E-state index contributed by atoms with van der Waals surface area (Å²) >= 11 is 0. The SMILES string of the molecule is Cc1c[n+](CC#N)c2ccccn12. The van der Waals surface area contributed by atoms with Crippen molar-refractivity contribution in [3.63, 3.8) is 0 Å². The van der Waals surface area contributed by atoms with Crippen molar-refractivity contribution in [2.75, 3.05) is 0 Å². The highest BCUT2D eigenvalue weighted by Gasteiger charge is 2.11. The molecule has 0 aliphatic carbocycles. The summed E-state index contributed by atoms with van der Waals surface area (Å²) in [6.45, 7) is 2.43. The summed E-state index contributed by atoms with van der Waals surface area (Å²) in [5, 5.41) is 8.61. The molecule has 0 aromatic carbocycles. The van der Waals surface area contributed by atoms with Crippen LogP contribution in [-0.2, 0) is 6.54 Å². The van der Waals surface area contributed by atoms with Gasteiger partial charge in [0, 0.05) is 13.0 Å². The predicted octanol–water partition coefficient (Wildman–Crippen LogP) is 1.06. The second-order valence-corrected chi connectivity index (χ2v) is 2.99. The van der Waals surface area contributed by atoms with Crippen LogP contribution in [0.3, 0.4) is 0 Å². The van der Waals surface area contributed by atoms with Gasteiger partial charge in [0.15, 0.2) is 6.54 Å². The Bertz CT molecular complexity index is 476. The number of hydrogen-bond acceptors (Lipinski definition) is 1. The van der Waals surface area contributed by atoms with E-state index in [0.29, 0.717) is 6.54 Å². The Morgan fingerprint density at radius 2 is 2.38 bits per heavy atom. The third-order valence-electron chi connectivity index (χ3n) is 2.10. The summed E-state index contributed by atoms with van der Waals surface area (Å²) in [6, 6.07) is 8.10. The molecule has 0 saturated heterocycles. The van der Waals surface area contributed by atoms with Crippen LogP contribution < -0.4 is 4.57 Å². The standard InChI is InChI=1S/C10H10N3/c1-9-8-12(7-5-11)10-4-2-3-6-13(9)10/h2-4,6,8H,7H2,1H3/q+1. The molecule has 3 heteroatoms. The van der Waals surface area contributed by atoms with E-state index in [0.717, 1.165) is 11.3 Å². The van der Waals surface area contributed by atoms with Crippen LogP contribution in [0.15, 0.2) is 30.6 Å². The summed E-state index contributed by atoms with van der Waals surface area (Å²) in [5.41, 5.74) is 2.20. The maximum absolute atomic E-state index is 8.61. The van der Waals surface area contributed by atoms with E-state index in [1.54, 1.807) is 0 Å². The van der Waals surface area contributed by atoms with E-state index in [1.807, 2.05) is 42.1 Å². The van der Waals surface area contributed by atoms with Crippen LogP contribution in [0.5, 0.6) is 0 Å². The van der Waals surface area contributed by atoms with Crippen molar-refractivity contribution in [3.8, 4) is 6.07 Å². The molecule has 0 radical (unpaired) electrons. The number of rotatable bonds is 1. The van der Waals surface area contributed by atoms with Crippen molar-refractivity contribution in [1.29, 1.82) is 5.26 Å². The molecule has 2 rings (SSSR count). The zero-order valence-corrected chi connectivity index (χ0v) is 7.44. The van der Waals surface area contributed by atoms with E-state index in [2.05, 4.69) is 10.5 Å². The maximum atomic E-state index is 8.61. The zero-order chi connectivity index (χ0) is 9.26. The molecule has 2 aromatic heterocycles. The Morgan fingerprint density at radius 1 is 1.54 bits per heavy atom. The maximum Gasteiger partial charge on any atom is 0.287 e. The van der Waals surface area contributed by atoms with Gasteiger partial charge in [0.2, 0.25) is 0 Å². The third kappa shape index (κ3) is 1.17. The topological polar surface area (TPSA) is 32.1 Å². The number of imidazole rings is 1. The van der Waals surface area contributed by atoms with Gasteiger partial charge in [-0.2, -0.15) is 5.26 Å². The molecular weight excluding hydrogens is 162 g/mol. The number of aryl methyl sites for hydroxylation is 1. The molecule has 0 unspecified atom stereocenters. The fourth-order valence-electron chi connectivity index (χ4n) is 1.52. The molecule has 3 nitrogen and oxygen atoms in total. The second-order valence-electron chi connectivity index (χ2n) is 2.99. The number of nitriles is 1. The summed E-state index contributed by atoms with van der Waals surface area (Å²) < 4.78 is 4.01. The molecule has 0 bridgehead atoms. The van der Waals surface area contributed by atoms with Gasteiger partial charge in [-0.1, -0.05) is 6.07 Å². The van der Waals surface area contributed by atoms with Gasteiger partial charge in [-0.15, -0.1) is 0 Å². The molecule has 0 N–H and O–H groups in total. The molecule has 2 heterocycles. The summed E-state index contributed by atoms with van der Waals surface area (Å²) in [7, 11) is 0. The molecule has 0 atom stereocenters. The van der Waals surface area contributed by atoms with Gasteiger partial charge < -0.3 is 0 Å². The summed E-state index contributed by atoms with van der Waals surface area (Å²) in [6.07, 6.45) is 3.98. The van der Waals surface area contributed by atoms with Crippen LogP contribution in [-0.4, -0.2) is 4.40 Å². The van der Waals surface area contributed by atoms with Gasteiger partial charge in [0.1, 0.15) is 18.0 Å². The monoisotopic (exact) mass is 172 g/mol. The van der Waals surface area contributed by atoms with E-state index in [9.17, 15) is 0 Å². The van der Waals surface area contributed by atoms with Gasteiger partial charge >= 0.3 is 0 Å². The van der Waals surface area contributed by atoms with Gasteiger partial charge in [-0.05, 0) is 6.07 Å². The first-order valence-electron chi connectivity index (χ1n) is 4.16. The number of fused-ring (bicyclic) bond motifs is 1. The molecule has 13 heavy (non-hydrogen) atoms. The minimum atomic E-state index is 0.404. The molecule has 64 valence electrons. The van der Waals surface area contributed by atoms with Crippen LogP contribution >= 0.6 is 0 Å². The normalized spacial score (nSPS) is 10.2. The van der Waals surface area contributed by atoms with E-state index in [1.165, 1.54) is 0 Å². The van der Waals surface area contributed by atoms with Crippen molar-refractivity contribution in [1.82, 2.24) is 4.40 Å². The first-order chi connectivity index (χ1) is 6.33. The lowest BCUT2D eigenvalue weighted by Gasteiger charge is -1.88. The fourth-order valence-corrected chi connectivity index (χ4v) is 1.52.